The summed E-state index contributed by atoms with van der Waals surface area (Å²) in [6.07, 6.45) is 0.411. The molecule has 1 unspecified atom stereocenters. The maximum absolute atomic E-state index is 12.0. The maximum atomic E-state index is 12.0. The van der Waals surface area contributed by atoms with E-state index in [2.05, 4.69) is 22.4 Å². The van der Waals surface area contributed by atoms with Crippen LogP contribution in [0.3, 0.4) is 0 Å². The van der Waals surface area contributed by atoms with Crippen molar-refractivity contribution in [3.63, 3.8) is 0 Å². The van der Waals surface area contributed by atoms with Crippen molar-refractivity contribution in [1.29, 1.82) is 0 Å². The van der Waals surface area contributed by atoms with Crippen molar-refractivity contribution in [2.45, 2.75) is 32.6 Å². The van der Waals surface area contributed by atoms with Crippen molar-refractivity contribution in [3.05, 3.63) is 35.9 Å². The van der Waals surface area contributed by atoms with Crippen LogP contribution in [0.5, 0.6) is 0 Å². The smallest absolute Gasteiger partial charge is 0.240 e. The number of amides is 2. The second kappa shape index (κ2) is 4.80. The van der Waals surface area contributed by atoms with Gasteiger partial charge in [0.2, 0.25) is 11.8 Å². The van der Waals surface area contributed by atoms with Crippen LogP contribution in [0.4, 0.5) is 5.69 Å². The molecule has 2 aliphatic heterocycles. The van der Waals surface area contributed by atoms with E-state index in [0.29, 0.717) is 6.42 Å². The quantitative estimate of drug-likeness (QED) is 0.880. The van der Waals surface area contributed by atoms with Crippen LogP contribution in [-0.4, -0.2) is 17.5 Å². The average molecular weight is 297 g/mol. The Morgan fingerprint density at radius 1 is 1.36 bits per heavy atom. The second-order valence-corrected chi connectivity index (χ2v) is 6.46. The van der Waals surface area contributed by atoms with Gasteiger partial charge in [-0.15, -0.1) is 0 Å². The first-order chi connectivity index (χ1) is 10.3. The second-order valence-electron chi connectivity index (χ2n) is 6.46. The van der Waals surface area contributed by atoms with Crippen LogP contribution < -0.4 is 10.7 Å². The summed E-state index contributed by atoms with van der Waals surface area (Å²) in [7, 11) is 0. The Balaban J connectivity index is 1.98. The van der Waals surface area contributed by atoms with E-state index in [-0.39, 0.29) is 17.7 Å². The van der Waals surface area contributed by atoms with Crippen LogP contribution in [0.15, 0.2) is 29.9 Å². The fourth-order valence-electron chi connectivity index (χ4n) is 2.92. The SMILES string of the molecule is C=C(C1=NNC(=O)CC1C)c1ccc2c(c1)C(C)(C)C(=O)N2. The van der Waals surface area contributed by atoms with Gasteiger partial charge < -0.3 is 5.32 Å². The highest BCUT2D eigenvalue weighted by Gasteiger charge is 2.38. The topological polar surface area (TPSA) is 70.6 Å². The molecule has 0 aliphatic carbocycles. The van der Waals surface area contributed by atoms with Crippen molar-refractivity contribution in [2.75, 3.05) is 5.32 Å². The van der Waals surface area contributed by atoms with E-state index in [1.807, 2.05) is 39.0 Å². The summed E-state index contributed by atoms with van der Waals surface area (Å²) in [6.45, 7) is 9.90. The van der Waals surface area contributed by atoms with Crippen molar-refractivity contribution in [2.24, 2.45) is 11.0 Å². The highest BCUT2D eigenvalue weighted by molar-refractivity contribution is 6.25. The summed E-state index contributed by atoms with van der Waals surface area (Å²) in [4.78, 5) is 23.4. The zero-order valence-corrected chi connectivity index (χ0v) is 13.0. The zero-order chi connectivity index (χ0) is 16.1. The minimum Gasteiger partial charge on any atom is -0.325 e. The molecule has 0 bridgehead atoms. The highest BCUT2D eigenvalue weighted by Crippen LogP contribution is 2.39. The van der Waals surface area contributed by atoms with Crippen LogP contribution in [0.1, 0.15) is 38.3 Å². The van der Waals surface area contributed by atoms with Gasteiger partial charge in [0.15, 0.2) is 0 Å². The van der Waals surface area contributed by atoms with Gasteiger partial charge in [0.05, 0.1) is 11.1 Å². The predicted octanol–water partition coefficient (Wildman–Crippen LogP) is 2.44. The fraction of sp³-hybridized carbons (Fsp3) is 0.353. The third kappa shape index (κ3) is 2.13. The molecule has 1 atom stereocenters. The molecule has 2 heterocycles. The lowest BCUT2D eigenvalue weighted by Crippen LogP contribution is -2.32. The van der Waals surface area contributed by atoms with E-state index in [9.17, 15) is 9.59 Å². The average Bonchev–Trinajstić information content (AvgIpc) is 2.68. The number of hydrazone groups is 1. The number of fused-ring (bicyclic) bond motifs is 1. The molecule has 0 saturated heterocycles. The van der Waals surface area contributed by atoms with Gasteiger partial charge in [-0.05, 0) is 42.7 Å². The van der Waals surface area contributed by atoms with E-state index in [1.54, 1.807) is 0 Å². The normalized spacial score (nSPS) is 22.5. The van der Waals surface area contributed by atoms with E-state index in [0.717, 1.165) is 28.1 Å². The van der Waals surface area contributed by atoms with Gasteiger partial charge in [-0.1, -0.05) is 19.6 Å². The van der Waals surface area contributed by atoms with Gasteiger partial charge in [-0.25, -0.2) is 5.43 Å². The lowest BCUT2D eigenvalue weighted by Gasteiger charge is -2.22. The van der Waals surface area contributed by atoms with E-state index < -0.39 is 5.41 Å². The predicted molar refractivity (Wildman–Crippen MR) is 86.5 cm³/mol. The van der Waals surface area contributed by atoms with E-state index in [4.69, 9.17) is 0 Å². The molecule has 2 aliphatic rings. The summed E-state index contributed by atoms with van der Waals surface area (Å²) >= 11 is 0. The standard InChI is InChI=1S/C17H19N3O2/c1-9-7-14(21)19-20-15(9)10(2)11-5-6-13-12(8-11)17(3,4)16(22)18-13/h5-6,8-9H,2,7H2,1,3-4H3,(H,18,22)(H,19,21). The number of rotatable bonds is 2. The summed E-state index contributed by atoms with van der Waals surface area (Å²) in [5, 5.41) is 7.04. The van der Waals surface area contributed by atoms with Crippen LogP contribution in [-0.2, 0) is 15.0 Å². The number of allylic oxidation sites excluding steroid dienone is 1. The number of nitrogens with one attached hydrogen (secondary N) is 2. The largest absolute Gasteiger partial charge is 0.325 e. The Morgan fingerprint density at radius 2 is 2.09 bits per heavy atom. The first-order valence-electron chi connectivity index (χ1n) is 7.32. The summed E-state index contributed by atoms with van der Waals surface area (Å²) < 4.78 is 0. The van der Waals surface area contributed by atoms with E-state index in [1.165, 1.54) is 0 Å². The molecule has 0 aromatic heterocycles. The van der Waals surface area contributed by atoms with Gasteiger partial charge in [0.1, 0.15) is 0 Å². The Labute approximate surface area is 129 Å². The molecule has 0 radical (unpaired) electrons. The molecular weight excluding hydrogens is 278 g/mol. The lowest BCUT2D eigenvalue weighted by atomic mass is 9.83. The summed E-state index contributed by atoms with van der Waals surface area (Å²) in [6, 6.07) is 5.81. The fourth-order valence-corrected chi connectivity index (χ4v) is 2.92. The van der Waals surface area contributed by atoms with Gasteiger partial charge in [-0.3, -0.25) is 9.59 Å². The van der Waals surface area contributed by atoms with Gasteiger partial charge in [0.25, 0.3) is 0 Å². The molecule has 1 aromatic rings. The number of carbonyl (C=O) groups is 2. The number of hydrogen-bond donors (Lipinski definition) is 2. The third-order valence-electron chi connectivity index (χ3n) is 4.43. The number of nitrogens with zero attached hydrogens (tertiary/aromatic N) is 1. The molecule has 0 fully saturated rings. The lowest BCUT2D eigenvalue weighted by molar-refractivity contribution is -0.122. The molecule has 5 nitrogen and oxygen atoms in total. The minimum absolute atomic E-state index is 0.000834. The third-order valence-corrected chi connectivity index (χ3v) is 4.43. The van der Waals surface area contributed by atoms with Crippen LogP contribution in [0.2, 0.25) is 0 Å². The van der Waals surface area contributed by atoms with Crippen molar-refractivity contribution >= 4 is 28.8 Å². The number of benzene rings is 1. The van der Waals surface area contributed by atoms with Crippen molar-refractivity contribution < 1.29 is 9.59 Å². The van der Waals surface area contributed by atoms with E-state index >= 15 is 0 Å². The molecule has 1 aromatic carbocycles. The maximum Gasteiger partial charge on any atom is 0.240 e. The molecule has 3 rings (SSSR count). The molecule has 2 N–H and O–H groups in total. The molecule has 22 heavy (non-hydrogen) atoms. The van der Waals surface area contributed by atoms with Gasteiger partial charge >= 0.3 is 0 Å². The van der Waals surface area contributed by atoms with Crippen molar-refractivity contribution in [1.82, 2.24) is 5.43 Å². The monoisotopic (exact) mass is 297 g/mol. The molecular formula is C17H19N3O2. The van der Waals surface area contributed by atoms with Crippen LogP contribution in [0, 0.1) is 5.92 Å². The molecule has 5 heteroatoms. The Morgan fingerprint density at radius 3 is 2.77 bits per heavy atom. The number of hydrogen-bond acceptors (Lipinski definition) is 3. The van der Waals surface area contributed by atoms with Crippen molar-refractivity contribution in [3.8, 4) is 0 Å². The summed E-state index contributed by atoms with van der Waals surface area (Å²) in [5.74, 6) is -0.0443. The van der Waals surface area contributed by atoms with Gasteiger partial charge in [0, 0.05) is 18.0 Å². The molecule has 2 amide bonds. The Bertz CT molecular complexity index is 731. The number of anilines is 1. The Kier molecular flexibility index (Phi) is 3.16. The van der Waals surface area contributed by atoms with Crippen LogP contribution in [0.25, 0.3) is 5.57 Å². The first-order valence-corrected chi connectivity index (χ1v) is 7.32. The van der Waals surface area contributed by atoms with Crippen LogP contribution >= 0.6 is 0 Å². The molecule has 0 saturated carbocycles. The summed E-state index contributed by atoms with van der Waals surface area (Å²) in [5.41, 5.74) is 6.25. The zero-order valence-electron chi connectivity index (χ0n) is 13.0. The molecule has 114 valence electrons. The Hall–Kier alpha value is -2.43. The number of carbonyl (C=O) groups excluding carboxylic acids is 2. The van der Waals surface area contributed by atoms with Gasteiger partial charge in [-0.2, -0.15) is 5.10 Å². The highest BCUT2D eigenvalue weighted by atomic mass is 16.2. The first kappa shape index (κ1) is 14.5. The molecule has 0 spiro atoms. The minimum atomic E-state index is -0.556.